The third-order valence-corrected chi connectivity index (χ3v) is 3.60. The van der Waals surface area contributed by atoms with E-state index in [0.717, 1.165) is 5.56 Å². The van der Waals surface area contributed by atoms with E-state index in [2.05, 4.69) is 6.07 Å². The van der Waals surface area contributed by atoms with Crippen LogP contribution in [-0.2, 0) is 4.79 Å². The van der Waals surface area contributed by atoms with Crippen LogP contribution in [0.25, 0.3) is 0 Å². The maximum absolute atomic E-state index is 11.1. The summed E-state index contributed by atoms with van der Waals surface area (Å²) >= 11 is 5.96. The molecular formula is C17H13ClNO2-. The number of nitriles is 1. The van der Waals surface area contributed by atoms with Crippen LogP contribution < -0.4 is 5.11 Å². The van der Waals surface area contributed by atoms with Crippen molar-refractivity contribution in [3.8, 4) is 6.07 Å². The maximum Gasteiger partial charge on any atom is 0.0785 e. The molecule has 2 aromatic carbocycles. The van der Waals surface area contributed by atoms with E-state index < -0.39 is 17.8 Å². The molecule has 21 heavy (non-hydrogen) atoms. The summed E-state index contributed by atoms with van der Waals surface area (Å²) < 4.78 is 0. The Morgan fingerprint density at radius 2 is 1.81 bits per heavy atom. The number of carboxylic acid groups (broad SMARTS) is 1. The van der Waals surface area contributed by atoms with Gasteiger partial charge < -0.3 is 9.90 Å². The molecule has 2 rings (SSSR count). The van der Waals surface area contributed by atoms with Crippen molar-refractivity contribution in [2.24, 2.45) is 0 Å². The molecule has 0 fully saturated rings. The minimum absolute atomic E-state index is 0.214. The summed E-state index contributed by atoms with van der Waals surface area (Å²) in [6.07, 6.45) is -0.214. The van der Waals surface area contributed by atoms with Gasteiger partial charge in [0.1, 0.15) is 0 Å². The predicted molar refractivity (Wildman–Crippen MR) is 78.6 cm³/mol. The monoisotopic (exact) mass is 298 g/mol. The number of hydrogen-bond donors (Lipinski definition) is 0. The number of nitrogens with zero attached hydrogens (tertiary/aromatic N) is 1. The minimum Gasteiger partial charge on any atom is -0.550 e. The lowest BCUT2D eigenvalue weighted by Gasteiger charge is -2.23. The summed E-state index contributed by atoms with van der Waals surface area (Å²) in [5, 5.41) is 21.1. The average molecular weight is 299 g/mol. The summed E-state index contributed by atoms with van der Waals surface area (Å²) in [5.41, 5.74) is 1.51. The highest BCUT2D eigenvalue weighted by molar-refractivity contribution is 6.30. The Labute approximate surface area is 128 Å². The smallest absolute Gasteiger partial charge is 0.0785 e. The van der Waals surface area contributed by atoms with Gasteiger partial charge in [-0.05, 0) is 29.7 Å². The van der Waals surface area contributed by atoms with Crippen molar-refractivity contribution >= 4 is 17.6 Å². The van der Waals surface area contributed by atoms with Crippen LogP contribution in [0, 0.1) is 11.3 Å². The Balaban J connectivity index is 2.43. The van der Waals surface area contributed by atoms with Gasteiger partial charge in [0.2, 0.25) is 0 Å². The van der Waals surface area contributed by atoms with Crippen LogP contribution in [-0.4, -0.2) is 5.97 Å². The van der Waals surface area contributed by atoms with Crippen molar-refractivity contribution < 1.29 is 9.90 Å². The van der Waals surface area contributed by atoms with Crippen molar-refractivity contribution in [1.29, 1.82) is 5.26 Å². The molecule has 0 amide bonds. The van der Waals surface area contributed by atoms with Crippen molar-refractivity contribution in [3.63, 3.8) is 0 Å². The van der Waals surface area contributed by atoms with Crippen LogP contribution in [0.1, 0.15) is 29.4 Å². The Hall–Kier alpha value is -2.31. The van der Waals surface area contributed by atoms with E-state index in [4.69, 9.17) is 11.6 Å². The van der Waals surface area contributed by atoms with Crippen LogP contribution in [0.3, 0.4) is 0 Å². The van der Waals surface area contributed by atoms with Crippen LogP contribution in [0.4, 0.5) is 0 Å². The number of hydrogen-bond acceptors (Lipinski definition) is 3. The average Bonchev–Trinajstić information content (AvgIpc) is 2.48. The molecule has 4 heteroatoms. The second-order valence-corrected chi connectivity index (χ2v) is 5.19. The zero-order chi connectivity index (χ0) is 15.2. The Morgan fingerprint density at radius 1 is 1.14 bits per heavy atom. The molecule has 0 radical (unpaired) electrons. The first kappa shape index (κ1) is 15.1. The molecule has 0 N–H and O–H groups in total. The fourth-order valence-corrected chi connectivity index (χ4v) is 2.60. The first-order chi connectivity index (χ1) is 10.1. The molecule has 2 atom stereocenters. The molecular weight excluding hydrogens is 286 g/mol. The number of carbonyl (C=O) groups is 1. The second-order valence-electron chi connectivity index (χ2n) is 4.76. The van der Waals surface area contributed by atoms with Gasteiger partial charge in [0.05, 0.1) is 12.0 Å². The summed E-state index contributed by atoms with van der Waals surface area (Å²) in [5.74, 6) is -2.24. The molecule has 0 heterocycles. The van der Waals surface area contributed by atoms with Crippen LogP contribution >= 0.6 is 11.6 Å². The number of carbonyl (C=O) groups excluding carboxylic acids is 1. The molecule has 0 aliphatic heterocycles. The summed E-state index contributed by atoms with van der Waals surface area (Å²) in [6, 6.07) is 18.3. The molecule has 0 bridgehead atoms. The van der Waals surface area contributed by atoms with Crippen LogP contribution in [0.2, 0.25) is 5.02 Å². The predicted octanol–water partition coefficient (Wildman–Crippen LogP) is 2.87. The molecule has 3 nitrogen and oxygen atoms in total. The first-order valence-electron chi connectivity index (χ1n) is 6.51. The summed E-state index contributed by atoms with van der Waals surface area (Å²) in [7, 11) is 0. The molecule has 0 saturated carbocycles. The third-order valence-electron chi connectivity index (χ3n) is 3.36. The highest BCUT2D eigenvalue weighted by Gasteiger charge is 2.25. The van der Waals surface area contributed by atoms with E-state index in [0.29, 0.717) is 10.6 Å². The van der Waals surface area contributed by atoms with Crippen molar-refractivity contribution in [2.75, 3.05) is 0 Å². The molecule has 0 aliphatic carbocycles. The van der Waals surface area contributed by atoms with E-state index in [-0.39, 0.29) is 6.42 Å². The highest BCUT2D eigenvalue weighted by Crippen LogP contribution is 2.35. The third kappa shape index (κ3) is 3.84. The quantitative estimate of drug-likeness (QED) is 0.852. The number of carboxylic acids is 1. The van der Waals surface area contributed by atoms with E-state index in [1.54, 1.807) is 24.3 Å². The fourth-order valence-electron chi connectivity index (χ4n) is 2.40. The lowest BCUT2D eigenvalue weighted by atomic mass is 9.80. The number of halogens is 1. The molecule has 2 unspecified atom stereocenters. The molecule has 0 saturated heterocycles. The van der Waals surface area contributed by atoms with Gasteiger partial charge in [-0.25, -0.2) is 0 Å². The minimum atomic E-state index is -1.17. The second kappa shape index (κ2) is 6.92. The lowest BCUT2D eigenvalue weighted by Crippen LogP contribution is -2.26. The Kier molecular flexibility index (Phi) is 4.97. The summed E-state index contributed by atoms with van der Waals surface area (Å²) in [4.78, 5) is 11.1. The normalized spacial score (nSPS) is 13.1. The van der Waals surface area contributed by atoms with E-state index in [1.807, 2.05) is 30.3 Å². The van der Waals surface area contributed by atoms with E-state index >= 15 is 0 Å². The van der Waals surface area contributed by atoms with Gasteiger partial charge in [0, 0.05) is 16.9 Å². The molecule has 0 aromatic heterocycles. The highest BCUT2D eigenvalue weighted by atomic mass is 35.5. The van der Waals surface area contributed by atoms with Gasteiger partial charge in [-0.3, -0.25) is 0 Å². The molecule has 2 aromatic rings. The zero-order valence-electron chi connectivity index (χ0n) is 11.2. The standard InChI is InChI=1S/C17H14ClNO2/c18-14-8-4-7-13(9-14)16(11-19)15(10-17(20)21)12-5-2-1-3-6-12/h1-9,15-16H,10H2,(H,20,21)/p-1. The number of aliphatic carboxylic acids is 1. The van der Waals surface area contributed by atoms with Gasteiger partial charge in [-0.1, -0.05) is 54.1 Å². The fraction of sp³-hybridized carbons (Fsp3) is 0.176. The Bertz CT molecular complexity index is 664. The van der Waals surface area contributed by atoms with Crippen molar-refractivity contribution in [1.82, 2.24) is 0 Å². The van der Waals surface area contributed by atoms with Crippen molar-refractivity contribution in [3.05, 3.63) is 70.7 Å². The number of rotatable bonds is 5. The van der Waals surface area contributed by atoms with Crippen LogP contribution in [0.15, 0.2) is 54.6 Å². The SMILES string of the molecule is N#CC(c1cccc(Cl)c1)C(CC(=O)[O-])c1ccccc1. The zero-order valence-corrected chi connectivity index (χ0v) is 12.0. The largest absolute Gasteiger partial charge is 0.550 e. The topological polar surface area (TPSA) is 63.9 Å². The molecule has 0 spiro atoms. The van der Waals surface area contributed by atoms with Gasteiger partial charge in [-0.2, -0.15) is 5.26 Å². The van der Waals surface area contributed by atoms with E-state index in [1.165, 1.54) is 0 Å². The van der Waals surface area contributed by atoms with Gasteiger partial charge in [0.15, 0.2) is 0 Å². The van der Waals surface area contributed by atoms with Crippen LogP contribution in [0.5, 0.6) is 0 Å². The summed E-state index contributed by atoms with van der Waals surface area (Å²) in [6.45, 7) is 0. The molecule has 106 valence electrons. The van der Waals surface area contributed by atoms with Crippen molar-refractivity contribution in [2.45, 2.75) is 18.3 Å². The van der Waals surface area contributed by atoms with Gasteiger partial charge in [-0.15, -0.1) is 0 Å². The first-order valence-corrected chi connectivity index (χ1v) is 6.89. The molecule has 0 aliphatic rings. The Morgan fingerprint density at radius 3 is 2.38 bits per heavy atom. The van der Waals surface area contributed by atoms with Gasteiger partial charge in [0.25, 0.3) is 0 Å². The number of benzene rings is 2. The lowest BCUT2D eigenvalue weighted by molar-refractivity contribution is -0.306. The van der Waals surface area contributed by atoms with E-state index in [9.17, 15) is 15.2 Å². The van der Waals surface area contributed by atoms with Gasteiger partial charge >= 0.3 is 0 Å². The maximum atomic E-state index is 11.1.